The van der Waals surface area contributed by atoms with Crippen LogP contribution in [0.5, 0.6) is 0 Å². The van der Waals surface area contributed by atoms with Gasteiger partial charge in [-0.2, -0.15) is 5.10 Å². The Balaban J connectivity index is 1.69. The van der Waals surface area contributed by atoms with E-state index in [1.165, 1.54) is 0 Å². The van der Waals surface area contributed by atoms with Crippen LogP contribution in [-0.2, 0) is 18.3 Å². The third-order valence-electron chi connectivity index (χ3n) is 3.76. The number of aromatic nitrogens is 2. The van der Waals surface area contributed by atoms with Gasteiger partial charge in [-0.25, -0.2) is 4.99 Å². The van der Waals surface area contributed by atoms with Crippen molar-refractivity contribution in [3.63, 3.8) is 0 Å². The van der Waals surface area contributed by atoms with E-state index in [1.807, 2.05) is 31.6 Å². The summed E-state index contributed by atoms with van der Waals surface area (Å²) in [7, 11) is 1.92. The normalized spacial score (nSPS) is 19.1. The summed E-state index contributed by atoms with van der Waals surface area (Å²) in [5, 5.41) is 7.58. The van der Waals surface area contributed by atoms with Gasteiger partial charge in [-0.1, -0.05) is 0 Å². The zero-order valence-corrected chi connectivity index (χ0v) is 13.6. The molecule has 124 valence electrons. The van der Waals surface area contributed by atoms with Crippen LogP contribution in [0.25, 0.3) is 0 Å². The lowest BCUT2D eigenvalue weighted by molar-refractivity contribution is -0.00806. The fourth-order valence-electron chi connectivity index (χ4n) is 2.63. The van der Waals surface area contributed by atoms with E-state index in [4.69, 9.17) is 9.15 Å². The quantitative estimate of drug-likeness (QED) is 0.684. The fourth-order valence-corrected chi connectivity index (χ4v) is 2.63. The van der Waals surface area contributed by atoms with Crippen molar-refractivity contribution >= 4 is 5.96 Å². The predicted octanol–water partition coefficient (Wildman–Crippen LogP) is 1.55. The number of nitrogens with zero attached hydrogens (tertiary/aromatic N) is 4. The van der Waals surface area contributed by atoms with E-state index < -0.39 is 0 Å². The van der Waals surface area contributed by atoms with Crippen LogP contribution in [0.2, 0.25) is 0 Å². The molecule has 2 aromatic rings. The van der Waals surface area contributed by atoms with Crippen LogP contribution >= 0.6 is 0 Å². The largest absolute Gasteiger partial charge is 0.467 e. The molecule has 0 amide bonds. The Kier molecular flexibility index (Phi) is 4.97. The molecule has 0 aromatic carbocycles. The highest BCUT2D eigenvalue weighted by Gasteiger charge is 2.25. The molecule has 1 N–H and O–H groups in total. The molecule has 2 aromatic heterocycles. The lowest BCUT2D eigenvalue weighted by Gasteiger charge is -2.34. The van der Waals surface area contributed by atoms with Crippen molar-refractivity contribution in [3.05, 3.63) is 42.1 Å². The van der Waals surface area contributed by atoms with E-state index in [0.717, 1.165) is 36.9 Å². The third-order valence-corrected chi connectivity index (χ3v) is 3.76. The van der Waals surface area contributed by atoms with Crippen LogP contribution in [0.3, 0.4) is 0 Å². The number of furan rings is 1. The van der Waals surface area contributed by atoms with Crippen LogP contribution in [0, 0.1) is 0 Å². The zero-order chi connectivity index (χ0) is 16.1. The van der Waals surface area contributed by atoms with Gasteiger partial charge in [-0.3, -0.25) is 4.68 Å². The smallest absolute Gasteiger partial charge is 0.194 e. The van der Waals surface area contributed by atoms with Crippen LogP contribution in [0.1, 0.15) is 24.4 Å². The Bertz CT molecular complexity index is 635. The number of rotatable bonds is 4. The molecule has 0 bridgehead atoms. The van der Waals surface area contributed by atoms with Gasteiger partial charge in [0.15, 0.2) is 5.96 Å². The number of aryl methyl sites for hydroxylation is 1. The van der Waals surface area contributed by atoms with Gasteiger partial charge in [0, 0.05) is 31.9 Å². The van der Waals surface area contributed by atoms with E-state index >= 15 is 0 Å². The van der Waals surface area contributed by atoms with Gasteiger partial charge in [0.2, 0.25) is 0 Å². The number of hydrogen-bond acceptors (Lipinski definition) is 4. The minimum Gasteiger partial charge on any atom is -0.467 e. The van der Waals surface area contributed by atoms with E-state index in [0.29, 0.717) is 13.2 Å². The molecule has 7 nitrogen and oxygen atoms in total. The first kappa shape index (κ1) is 15.6. The topological polar surface area (TPSA) is 67.8 Å². The van der Waals surface area contributed by atoms with E-state index in [2.05, 4.69) is 27.2 Å². The molecule has 1 saturated heterocycles. The zero-order valence-electron chi connectivity index (χ0n) is 13.6. The molecule has 3 heterocycles. The minimum absolute atomic E-state index is 0.0184. The maximum Gasteiger partial charge on any atom is 0.194 e. The number of hydrogen-bond donors (Lipinski definition) is 1. The van der Waals surface area contributed by atoms with Crippen LogP contribution in [0.15, 0.2) is 40.2 Å². The van der Waals surface area contributed by atoms with E-state index in [9.17, 15) is 0 Å². The number of guanidine groups is 1. The highest BCUT2D eigenvalue weighted by molar-refractivity contribution is 5.80. The summed E-state index contributed by atoms with van der Waals surface area (Å²) in [6.07, 6.45) is 5.55. The average Bonchev–Trinajstić information content (AvgIpc) is 3.23. The second-order valence-electron chi connectivity index (χ2n) is 5.50. The summed E-state index contributed by atoms with van der Waals surface area (Å²) in [6, 6.07) is 3.82. The summed E-state index contributed by atoms with van der Waals surface area (Å²) in [5.74, 6) is 1.75. The van der Waals surface area contributed by atoms with Crippen molar-refractivity contribution < 1.29 is 9.15 Å². The lowest BCUT2D eigenvalue weighted by atomic mass is 10.1. The van der Waals surface area contributed by atoms with Gasteiger partial charge in [0.1, 0.15) is 18.4 Å². The predicted molar refractivity (Wildman–Crippen MR) is 87.0 cm³/mol. The molecular formula is C16H23N5O2. The Labute approximate surface area is 135 Å². The van der Waals surface area contributed by atoms with Gasteiger partial charge >= 0.3 is 0 Å². The number of ether oxygens (including phenoxy) is 1. The second-order valence-corrected chi connectivity index (χ2v) is 5.50. The van der Waals surface area contributed by atoms with E-state index in [1.54, 1.807) is 10.9 Å². The molecule has 0 radical (unpaired) electrons. The molecule has 1 aliphatic heterocycles. The van der Waals surface area contributed by atoms with Gasteiger partial charge in [-0.15, -0.1) is 0 Å². The van der Waals surface area contributed by atoms with Crippen molar-refractivity contribution in [1.29, 1.82) is 0 Å². The maximum atomic E-state index is 5.89. The van der Waals surface area contributed by atoms with Crippen LogP contribution in [0.4, 0.5) is 0 Å². The van der Waals surface area contributed by atoms with Crippen molar-refractivity contribution in [1.82, 2.24) is 20.0 Å². The minimum atomic E-state index is 0.0184. The molecule has 1 fully saturated rings. The van der Waals surface area contributed by atoms with Gasteiger partial charge in [-0.05, 0) is 19.1 Å². The van der Waals surface area contributed by atoms with Gasteiger partial charge < -0.3 is 19.4 Å². The second kappa shape index (κ2) is 7.32. The Morgan fingerprint density at radius 3 is 3.13 bits per heavy atom. The Morgan fingerprint density at radius 1 is 1.52 bits per heavy atom. The standard InChI is InChI=1S/C16H23N5O2/c1-3-17-16(18-10-14-5-4-7-22-14)21-6-8-23-15(12-21)13-9-19-20(2)11-13/h4-5,7,9,11,15H,3,6,8,10,12H2,1-2H3,(H,17,18). The summed E-state index contributed by atoms with van der Waals surface area (Å²) >= 11 is 0. The molecule has 1 atom stereocenters. The molecule has 3 rings (SSSR count). The lowest BCUT2D eigenvalue weighted by Crippen LogP contribution is -2.48. The Morgan fingerprint density at radius 2 is 2.43 bits per heavy atom. The van der Waals surface area contributed by atoms with E-state index in [-0.39, 0.29) is 6.10 Å². The maximum absolute atomic E-state index is 5.89. The van der Waals surface area contributed by atoms with Crippen molar-refractivity contribution in [2.45, 2.75) is 19.6 Å². The number of aliphatic imine (C=N–C) groups is 1. The summed E-state index contributed by atoms with van der Waals surface area (Å²) < 4.78 is 13.0. The Hall–Kier alpha value is -2.28. The number of morpholine rings is 1. The third kappa shape index (κ3) is 3.92. The highest BCUT2D eigenvalue weighted by Crippen LogP contribution is 2.21. The van der Waals surface area contributed by atoms with Crippen molar-refractivity contribution in [2.24, 2.45) is 12.0 Å². The molecular weight excluding hydrogens is 294 g/mol. The monoisotopic (exact) mass is 317 g/mol. The van der Waals surface area contributed by atoms with Gasteiger partial charge in [0.25, 0.3) is 0 Å². The van der Waals surface area contributed by atoms with Crippen LogP contribution in [-0.4, -0.2) is 46.9 Å². The van der Waals surface area contributed by atoms with Crippen molar-refractivity contribution in [3.8, 4) is 0 Å². The first-order valence-electron chi connectivity index (χ1n) is 7.92. The van der Waals surface area contributed by atoms with Gasteiger partial charge in [0.05, 0.1) is 25.6 Å². The summed E-state index contributed by atoms with van der Waals surface area (Å²) in [6.45, 7) is 5.68. The molecule has 1 unspecified atom stereocenters. The first-order valence-corrected chi connectivity index (χ1v) is 7.92. The highest BCUT2D eigenvalue weighted by atomic mass is 16.5. The molecule has 23 heavy (non-hydrogen) atoms. The molecule has 1 aliphatic rings. The molecule has 0 aliphatic carbocycles. The average molecular weight is 317 g/mol. The van der Waals surface area contributed by atoms with Crippen LogP contribution < -0.4 is 5.32 Å². The molecule has 7 heteroatoms. The molecule has 0 saturated carbocycles. The fraction of sp³-hybridized carbons (Fsp3) is 0.500. The molecule has 0 spiro atoms. The SMILES string of the molecule is CCNC(=NCc1ccco1)N1CCOC(c2cnn(C)c2)C1. The van der Waals surface area contributed by atoms with Crippen molar-refractivity contribution in [2.75, 3.05) is 26.2 Å². The first-order chi connectivity index (χ1) is 11.3. The number of nitrogens with one attached hydrogen (secondary N) is 1. The summed E-state index contributed by atoms with van der Waals surface area (Å²) in [5.41, 5.74) is 1.10. The summed E-state index contributed by atoms with van der Waals surface area (Å²) in [4.78, 5) is 6.90.